The summed E-state index contributed by atoms with van der Waals surface area (Å²) in [4.78, 5) is 15.6. The molecule has 128 valence electrons. The molecule has 0 radical (unpaired) electrons. The Bertz CT molecular complexity index is 709. The van der Waals surface area contributed by atoms with E-state index in [1.165, 1.54) is 29.7 Å². The Labute approximate surface area is 142 Å². The van der Waals surface area contributed by atoms with Gasteiger partial charge in [0.2, 0.25) is 5.13 Å². The van der Waals surface area contributed by atoms with Gasteiger partial charge >= 0.3 is 5.97 Å². The molecule has 0 atom stereocenters. The Morgan fingerprint density at radius 1 is 1.42 bits per heavy atom. The zero-order valence-electron chi connectivity index (χ0n) is 13.3. The lowest BCUT2D eigenvalue weighted by Gasteiger charge is -2.09. The van der Waals surface area contributed by atoms with Gasteiger partial charge in [-0.3, -0.25) is 10.2 Å². The van der Waals surface area contributed by atoms with Crippen molar-refractivity contribution in [2.45, 2.75) is 26.2 Å². The van der Waals surface area contributed by atoms with Crippen LogP contribution in [0.1, 0.15) is 30.7 Å². The monoisotopic (exact) mass is 353 g/mol. The first-order chi connectivity index (χ1) is 11.4. The molecule has 1 heterocycles. The van der Waals surface area contributed by atoms with Crippen molar-refractivity contribution in [3.63, 3.8) is 0 Å². The number of carbonyl (C=O) groups is 1. The fourth-order valence-corrected chi connectivity index (χ4v) is 2.48. The summed E-state index contributed by atoms with van der Waals surface area (Å²) in [7, 11) is 0. The molecular formula is C16H17F2N3O2S. The van der Waals surface area contributed by atoms with Crippen molar-refractivity contribution in [3.05, 3.63) is 46.5 Å². The van der Waals surface area contributed by atoms with E-state index >= 15 is 0 Å². The molecule has 0 saturated carbocycles. The summed E-state index contributed by atoms with van der Waals surface area (Å²) in [6.07, 6.45) is 1.62. The molecule has 1 aromatic heterocycles. The van der Waals surface area contributed by atoms with Crippen LogP contribution in [-0.4, -0.2) is 23.8 Å². The summed E-state index contributed by atoms with van der Waals surface area (Å²) < 4.78 is 31.1. The van der Waals surface area contributed by atoms with E-state index in [-0.39, 0.29) is 18.0 Å². The van der Waals surface area contributed by atoms with Gasteiger partial charge in [-0.1, -0.05) is 24.3 Å². The van der Waals surface area contributed by atoms with E-state index in [2.05, 4.69) is 15.5 Å². The number of aromatic nitrogens is 1. The molecule has 0 aliphatic rings. The van der Waals surface area contributed by atoms with Crippen LogP contribution in [0, 0.1) is 0 Å². The highest BCUT2D eigenvalue weighted by Crippen LogP contribution is 2.26. The Balaban J connectivity index is 1.90. The van der Waals surface area contributed by atoms with Gasteiger partial charge in [0.25, 0.3) is 5.92 Å². The molecule has 0 fully saturated rings. The zero-order valence-corrected chi connectivity index (χ0v) is 14.1. The number of hydrogen-bond acceptors (Lipinski definition) is 6. The van der Waals surface area contributed by atoms with Crippen LogP contribution in [0.5, 0.6) is 0 Å². The maximum absolute atomic E-state index is 13.1. The number of anilines is 1. The summed E-state index contributed by atoms with van der Waals surface area (Å²) in [6.45, 7) is 2.93. The molecular weight excluding hydrogens is 336 g/mol. The van der Waals surface area contributed by atoms with E-state index in [0.29, 0.717) is 23.0 Å². The lowest BCUT2D eigenvalue weighted by Crippen LogP contribution is -2.07. The highest BCUT2D eigenvalue weighted by Gasteiger charge is 2.23. The number of thiazole rings is 1. The van der Waals surface area contributed by atoms with Gasteiger partial charge < -0.3 is 4.74 Å². The molecule has 0 saturated heterocycles. The Morgan fingerprint density at radius 2 is 2.12 bits per heavy atom. The molecule has 0 bridgehead atoms. The minimum Gasteiger partial charge on any atom is -0.466 e. The topological polar surface area (TPSA) is 63.6 Å². The number of ether oxygens (including phenoxy) is 1. The van der Waals surface area contributed by atoms with E-state index in [9.17, 15) is 13.6 Å². The van der Waals surface area contributed by atoms with E-state index in [1.54, 1.807) is 24.4 Å². The van der Waals surface area contributed by atoms with Crippen LogP contribution >= 0.6 is 11.3 Å². The number of hydrogen-bond donors (Lipinski definition) is 1. The number of hydrazone groups is 1. The molecule has 24 heavy (non-hydrogen) atoms. The van der Waals surface area contributed by atoms with Crippen molar-refractivity contribution in [2.24, 2.45) is 5.10 Å². The zero-order chi connectivity index (χ0) is 17.6. The van der Waals surface area contributed by atoms with Crippen LogP contribution in [0.25, 0.3) is 0 Å². The van der Waals surface area contributed by atoms with Gasteiger partial charge in [0, 0.05) is 17.9 Å². The molecule has 5 nitrogen and oxygen atoms in total. The first kappa shape index (κ1) is 18.0. The number of nitrogens with one attached hydrogen (secondary N) is 1. The van der Waals surface area contributed by atoms with E-state index in [1.807, 2.05) is 0 Å². The van der Waals surface area contributed by atoms with E-state index in [4.69, 9.17) is 4.74 Å². The minimum atomic E-state index is -2.86. The second-order valence-electron chi connectivity index (χ2n) is 5.01. The number of carbonyl (C=O) groups excluding carboxylic acids is 1. The molecule has 2 aromatic rings. The van der Waals surface area contributed by atoms with Gasteiger partial charge in [-0.25, -0.2) is 13.8 Å². The van der Waals surface area contributed by atoms with Crippen molar-refractivity contribution in [2.75, 3.05) is 12.0 Å². The average molecular weight is 353 g/mol. The Hall–Kier alpha value is -2.35. The van der Waals surface area contributed by atoms with Gasteiger partial charge in [0.15, 0.2) is 0 Å². The van der Waals surface area contributed by atoms with Gasteiger partial charge in [-0.2, -0.15) is 5.10 Å². The van der Waals surface area contributed by atoms with Gasteiger partial charge in [-0.15, -0.1) is 11.3 Å². The second kappa shape index (κ2) is 7.96. The highest BCUT2D eigenvalue weighted by molar-refractivity contribution is 7.13. The summed E-state index contributed by atoms with van der Waals surface area (Å²) in [5.41, 5.74) is 3.98. The van der Waals surface area contributed by atoms with E-state index in [0.717, 1.165) is 6.92 Å². The predicted molar refractivity (Wildman–Crippen MR) is 89.7 cm³/mol. The van der Waals surface area contributed by atoms with Gasteiger partial charge in [0.05, 0.1) is 24.9 Å². The summed E-state index contributed by atoms with van der Waals surface area (Å²) >= 11 is 1.31. The quantitative estimate of drug-likeness (QED) is 0.467. The molecule has 1 N–H and O–H groups in total. The third-order valence-electron chi connectivity index (χ3n) is 2.97. The lowest BCUT2D eigenvalue weighted by atomic mass is 10.1. The summed E-state index contributed by atoms with van der Waals surface area (Å²) in [5.74, 6) is -3.19. The number of nitrogens with zero attached hydrogens (tertiary/aromatic N) is 2. The molecule has 0 spiro atoms. The predicted octanol–water partition coefficient (Wildman–Crippen LogP) is 3.81. The number of benzene rings is 1. The van der Waals surface area contributed by atoms with Crippen LogP contribution in [0.2, 0.25) is 0 Å². The van der Waals surface area contributed by atoms with Crippen molar-refractivity contribution >= 4 is 28.7 Å². The normalized spacial score (nSPS) is 11.7. The standard InChI is InChI=1S/C16H17F2N3O2S/c1-3-23-14(22)8-13-10-24-15(20-13)21-19-9-11-4-6-12(7-5-11)16(2,17)18/h4-7,9-10H,3,8H2,1-2H3,(H,20,21). The smallest absolute Gasteiger partial charge is 0.311 e. The molecule has 0 aliphatic heterocycles. The average Bonchev–Trinajstić information content (AvgIpc) is 2.94. The third kappa shape index (κ3) is 5.38. The van der Waals surface area contributed by atoms with Crippen LogP contribution in [0.4, 0.5) is 13.9 Å². The van der Waals surface area contributed by atoms with Crippen LogP contribution in [0.15, 0.2) is 34.7 Å². The summed E-state index contributed by atoms with van der Waals surface area (Å²) in [6, 6.07) is 5.85. The first-order valence-corrected chi connectivity index (χ1v) is 8.14. The van der Waals surface area contributed by atoms with Crippen LogP contribution in [-0.2, 0) is 21.9 Å². The van der Waals surface area contributed by atoms with Crippen LogP contribution < -0.4 is 5.43 Å². The molecule has 2 rings (SSSR count). The first-order valence-electron chi connectivity index (χ1n) is 7.26. The molecule has 0 amide bonds. The highest BCUT2D eigenvalue weighted by atomic mass is 32.1. The largest absolute Gasteiger partial charge is 0.466 e. The fourth-order valence-electron chi connectivity index (χ4n) is 1.82. The maximum Gasteiger partial charge on any atom is 0.311 e. The van der Waals surface area contributed by atoms with Crippen LogP contribution in [0.3, 0.4) is 0 Å². The number of halogens is 2. The molecule has 1 aromatic carbocycles. The van der Waals surface area contributed by atoms with Gasteiger partial charge in [0.1, 0.15) is 0 Å². The van der Waals surface area contributed by atoms with Gasteiger partial charge in [-0.05, 0) is 12.5 Å². The summed E-state index contributed by atoms with van der Waals surface area (Å²) in [5, 5.41) is 6.27. The molecule has 0 unspecified atom stereocenters. The number of esters is 1. The Morgan fingerprint density at radius 3 is 2.75 bits per heavy atom. The second-order valence-corrected chi connectivity index (χ2v) is 5.86. The number of rotatable bonds is 7. The lowest BCUT2D eigenvalue weighted by molar-refractivity contribution is -0.142. The van der Waals surface area contributed by atoms with Crippen molar-refractivity contribution in [1.29, 1.82) is 0 Å². The van der Waals surface area contributed by atoms with Crippen molar-refractivity contribution in [3.8, 4) is 0 Å². The molecule has 8 heteroatoms. The molecule has 0 aliphatic carbocycles. The van der Waals surface area contributed by atoms with Crippen molar-refractivity contribution in [1.82, 2.24) is 4.98 Å². The SMILES string of the molecule is CCOC(=O)Cc1csc(NN=Cc2ccc(C(C)(F)F)cc2)n1. The van der Waals surface area contributed by atoms with E-state index < -0.39 is 5.92 Å². The third-order valence-corrected chi connectivity index (χ3v) is 3.77. The van der Waals surface area contributed by atoms with Crippen molar-refractivity contribution < 1.29 is 18.3 Å². The Kier molecular flexibility index (Phi) is 5.97. The fraction of sp³-hybridized carbons (Fsp3) is 0.312. The minimum absolute atomic E-state index is 0.0452. The maximum atomic E-state index is 13.1. The number of alkyl halides is 2.